The molecule has 2 atom stereocenters. The zero-order chi connectivity index (χ0) is 18.4. The fourth-order valence-electron chi connectivity index (χ4n) is 2.55. The van der Waals surface area contributed by atoms with Gasteiger partial charge < -0.3 is 19.7 Å². The Morgan fingerprint density at radius 3 is 2.44 bits per heavy atom. The second-order valence-electron chi connectivity index (χ2n) is 5.89. The summed E-state index contributed by atoms with van der Waals surface area (Å²) in [6.07, 6.45) is 0. The van der Waals surface area contributed by atoms with Gasteiger partial charge in [0.15, 0.2) is 17.5 Å². The minimum absolute atomic E-state index is 0.133. The van der Waals surface area contributed by atoms with Crippen LogP contribution < -0.4 is 19.7 Å². The maximum atomic E-state index is 12.9. The first-order valence-electron chi connectivity index (χ1n) is 8.05. The van der Waals surface area contributed by atoms with Crippen molar-refractivity contribution in [1.82, 2.24) is 0 Å². The number of hydrogen-bond donors (Lipinski definition) is 2. The number of rotatable bonds is 7. The second kappa shape index (κ2) is 8.48. The summed E-state index contributed by atoms with van der Waals surface area (Å²) in [6, 6.07) is 11.1. The molecule has 0 heterocycles. The summed E-state index contributed by atoms with van der Waals surface area (Å²) in [5.74, 6) is 0.872. The summed E-state index contributed by atoms with van der Waals surface area (Å²) in [7, 11) is 5.13. The Bertz CT molecular complexity index is 719. The number of para-hydroxylation sites is 1. The zero-order valence-corrected chi connectivity index (χ0v) is 14.9. The molecule has 2 aromatic rings. The molecule has 0 spiro atoms. The Balaban J connectivity index is 2.05. The molecule has 0 aromatic heterocycles. The maximum absolute atomic E-state index is 12.9. The normalized spacial score (nSPS) is 13.0. The molecule has 0 radical (unpaired) electrons. The van der Waals surface area contributed by atoms with Gasteiger partial charge in [0.1, 0.15) is 12.4 Å². The van der Waals surface area contributed by atoms with Gasteiger partial charge in [-0.2, -0.15) is 0 Å². The van der Waals surface area contributed by atoms with E-state index in [-0.39, 0.29) is 17.8 Å². The summed E-state index contributed by atoms with van der Waals surface area (Å²) in [5.41, 5.74) is 1.53. The van der Waals surface area contributed by atoms with Gasteiger partial charge in [-0.05, 0) is 43.3 Å². The molecule has 134 valence electrons. The number of likely N-dealkylation sites (N-methyl/N-ethyl adjacent to an activating group) is 1. The quantitative estimate of drug-likeness (QED) is 0.804. The molecular formula is C19H24FN2O3+. The lowest BCUT2D eigenvalue weighted by molar-refractivity contribution is -0.907. The molecule has 0 saturated carbocycles. The first-order valence-corrected chi connectivity index (χ1v) is 8.05. The van der Waals surface area contributed by atoms with Crippen LogP contribution in [0.5, 0.6) is 11.5 Å². The number of carbonyl (C=O) groups is 1. The molecule has 0 fully saturated rings. The molecular weight excluding hydrogens is 323 g/mol. The summed E-state index contributed by atoms with van der Waals surface area (Å²) in [4.78, 5) is 13.4. The van der Waals surface area contributed by atoms with Gasteiger partial charge >= 0.3 is 0 Å². The molecule has 0 saturated heterocycles. The Hall–Kier alpha value is -2.60. The third kappa shape index (κ3) is 4.70. The van der Waals surface area contributed by atoms with Crippen molar-refractivity contribution in [3.05, 3.63) is 53.8 Å². The molecule has 0 aliphatic carbocycles. The van der Waals surface area contributed by atoms with Crippen molar-refractivity contribution in [3.8, 4) is 11.5 Å². The van der Waals surface area contributed by atoms with Crippen LogP contribution in [-0.4, -0.2) is 33.2 Å². The largest absolute Gasteiger partial charge is 0.493 e. The van der Waals surface area contributed by atoms with Crippen molar-refractivity contribution in [2.75, 3.05) is 26.6 Å². The fraction of sp³-hybridized carbons (Fsp3) is 0.316. The van der Waals surface area contributed by atoms with Crippen LogP contribution in [0.2, 0.25) is 0 Å². The van der Waals surface area contributed by atoms with E-state index in [1.165, 1.54) is 12.1 Å². The van der Waals surface area contributed by atoms with Crippen LogP contribution in [0.1, 0.15) is 12.5 Å². The van der Waals surface area contributed by atoms with Crippen molar-refractivity contribution in [1.29, 1.82) is 0 Å². The average molecular weight is 347 g/mol. The van der Waals surface area contributed by atoms with Crippen molar-refractivity contribution in [2.24, 2.45) is 0 Å². The highest BCUT2D eigenvalue weighted by atomic mass is 19.1. The van der Waals surface area contributed by atoms with Crippen molar-refractivity contribution >= 4 is 11.6 Å². The van der Waals surface area contributed by atoms with E-state index in [2.05, 4.69) is 5.32 Å². The maximum Gasteiger partial charge on any atom is 0.282 e. The lowest BCUT2D eigenvalue weighted by atomic mass is 10.1. The third-order valence-electron chi connectivity index (χ3n) is 4.20. The number of ether oxygens (including phenoxy) is 2. The van der Waals surface area contributed by atoms with E-state index in [4.69, 9.17) is 9.47 Å². The Morgan fingerprint density at radius 1 is 1.16 bits per heavy atom. The summed E-state index contributed by atoms with van der Waals surface area (Å²) < 4.78 is 23.7. The van der Waals surface area contributed by atoms with E-state index < -0.39 is 0 Å². The lowest BCUT2D eigenvalue weighted by Crippen LogP contribution is -3.12. The number of methoxy groups -OCH3 is 2. The smallest absolute Gasteiger partial charge is 0.282 e. The van der Waals surface area contributed by atoms with Crippen LogP contribution in [-0.2, 0) is 11.3 Å². The molecule has 0 bridgehead atoms. The molecule has 0 aliphatic rings. The van der Waals surface area contributed by atoms with Crippen molar-refractivity contribution in [3.63, 3.8) is 0 Å². The number of hydrogen-bond acceptors (Lipinski definition) is 3. The average Bonchev–Trinajstić information content (AvgIpc) is 2.62. The molecule has 1 amide bonds. The van der Waals surface area contributed by atoms with Crippen LogP contribution >= 0.6 is 0 Å². The minimum atomic E-state index is -0.334. The van der Waals surface area contributed by atoms with Gasteiger partial charge in [-0.3, -0.25) is 4.79 Å². The van der Waals surface area contributed by atoms with Gasteiger partial charge in [0.05, 0.1) is 26.8 Å². The van der Waals surface area contributed by atoms with Crippen LogP contribution in [0.15, 0.2) is 42.5 Å². The van der Waals surface area contributed by atoms with Crippen LogP contribution in [0.4, 0.5) is 10.1 Å². The van der Waals surface area contributed by atoms with E-state index in [1.54, 1.807) is 26.4 Å². The molecule has 5 nitrogen and oxygen atoms in total. The Labute approximate surface area is 147 Å². The van der Waals surface area contributed by atoms with Gasteiger partial charge in [-0.1, -0.05) is 6.07 Å². The second-order valence-corrected chi connectivity index (χ2v) is 5.89. The van der Waals surface area contributed by atoms with Crippen molar-refractivity contribution in [2.45, 2.75) is 19.5 Å². The highest BCUT2D eigenvalue weighted by Gasteiger charge is 2.24. The molecule has 2 rings (SSSR count). The summed E-state index contributed by atoms with van der Waals surface area (Å²) in [6.45, 7) is 2.44. The Morgan fingerprint density at radius 2 is 1.84 bits per heavy atom. The van der Waals surface area contributed by atoms with Gasteiger partial charge in [0.25, 0.3) is 5.91 Å². The summed E-state index contributed by atoms with van der Waals surface area (Å²) >= 11 is 0. The Kier molecular flexibility index (Phi) is 6.36. The number of quaternary nitrogens is 1. The zero-order valence-electron chi connectivity index (χ0n) is 14.9. The van der Waals surface area contributed by atoms with Crippen molar-refractivity contribution < 1.29 is 23.6 Å². The standard InChI is InChI=1S/C19H23FN2O3/c1-13(19(23)21-16-10-8-15(20)9-11-16)22(2)12-14-6-5-7-17(24-3)18(14)25-4/h5-11,13H,12H2,1-4H3,(H,21,23)/p+1/t13-/m0/s1. The van der Waals surface area contributed by atoms with E-state index in [0.29, 0.717) is 23.7 Å². The van der Waals surface area contributed by atoms with Crippen LogP contribution in [0.25, 0.3) is 0 Å². The number of anilines is 1. The van der Waals surface area contributed by atoms with Crippen LogP contribution in [0.3, 0.4) is 0 Å². The summed E-state index contributed by atoms with van der Waals surface area (Å²) in [5, 5.41) is 2.80. The van der Waals surface area contributed by atoms with E-state index >= 15 is 0 Å². The molecule has 2 aromatic carbocycles. The third-order valence-corrected chi connectivity index (χ3v) is 4.20. The van der Waals surface area contributed by atoms with Crippen LogP contribution in [0, 0.1) is 5.82 Å². The van der Waals surface area contributed by atoms with Gasteiger partial charge in [0.2, 0.25) is 0 Å². The van der Waals surface area contributed by atoms with Gasteiger partial charge in [-0.15, -0.1) is 0 Å². The number of nitrogens with one attached hydrogen (secondary N) is 2. The fourth-order valence-corrected chi connectivity index (χ4v) is 2.55. The predicted octanol–water partition coefficient (Wildman–Crippen LogP) is 1.88. The molecule has 0 aliphatic heterocycles. The monoisotopic (exact) mass is 347 g/mol. The van der Waals surface area contributed by atoms with E-state index in [0.717, 1.165) is 10.5 Å². The number of halogens is 1. The number of benzene rings is 2. The minimum Gasteiger partial charge on any atom is -0.493 e. The number of amides is 1. The molecule has 25 heavy (non-hydrogen) atoms. The predicted molar refractivity (Wildman–Crippen MR) is 94.6 cm³/mol. The highest BCUT2D eigenvalue weighted by Crippen LogP contribution is 2.30. The molecule has 1 unspecified atom stereocenters. The van der Waals surface area contributed by atoms with E-state index in [9.17, 15) is 9.18 Å². The topological polar surface area (TPSA) is 52.0 Å². The number of carbonyl (C=O) groups excluding carboxylic acids is 1. The molecule has 6 heteroatoms. The van der Waals surface area contributed by atoms with Gasteiger partial charge in [-0.25, -0.2) is 4.39 Å². The highest BCUT2D eigenvalue weighted by molar-refractivity contribution is 5.93. The SMILES string of the molecule is COc1cccc(C[NH+](C)[C@@H](C)C(=O)Nc2ccc(F)cc2)c1OC. The lowest BCUT2D eigenvalue weighted by Gasteiger charge is -2.22. The first-order chi connectivity index (χ1) is 12.0. The first kappa shape index (κ1) is 18.7. The molecule has 2 N–H and O–H groups in total. The van der Waals surface area contributed by atoms with Gasteiger partial charge in [0, 0.05) is 5.69 Å². The van der Waals surface area contributed by atoms with E-state index in [1.807, 2.05) is 32.2 Å².